The number of benzene rings is 3. The van der Waals surface area contributed by atoms with Gasteiger partial charge in [0.2, 0.25) is 0 Å². The van der Waals surface area contributed by atoms with Crippen molar-refractivity contribution in [2.45, 2.75) is 4.90 Å². The zero-order valence-corrected chi connectivity index (χ0v) is 14.0. The lowest BCUT2D eigenvalue weighted by molar-refractivity contribution is 0.0528. The van der Waals surface area contributed by atoms with Gasteiger partial charge >= 0.3 is 5.97 Å². The Kier molecular flexibility index (Phi) is 4.81. The minimum absolute atomic E-state index is 0.0275. The summed E-state index contributed by atoms with van der Waals surface area (Å²) in [4.78, 5) is 17.7. The molecule has 0 heterocycles. The van der Waals surface area contributed by atoms with Gasteiger partial charge in [0.25, 0.3) is 10.0 Å². The molecule has 0 unspecified atom stereocenters. The van der Waals surface area contributed by atoms with E-state index in [1.165, 1.54) is 12.1 Å². The summed E-state index contributed by atoms with van der Waals surface area (Å²) < 4.78 is 26.5. The third-order valence-corrected chi connectivity index (χ3v) is 4.99. The van der Waals surface area contributed by atoms with Gasteiger partial charge in [-0.2, -0.15) is 8.42 Å². The van der Waals surface area contributed by atoms with Gasteiger partial charge in [0, 0.05) is 0 Å². The Hall–Kier alpha value is -3.12. The van der Waals surface area contributed by atoms with Crippen LogP contribution < -0.4 is 4.47 Å². The van der Waals surface area contributed by atoms with E-state index in [0.717, 1.165) is 0 Å². The largest absolute Gasteiger partial charge is 0.364 e. The fraction of sp³-hybridized carbons (Fsp3) is 0. The molecule has 25 heavy (non-hydrogen) atoms. The number of carbonyl (C=O) groups excluding carboxylic acids is 1. The first-order valence-corrected chi connectivity index (χ1v) is 8.96. The fourth-order valence-electron chi connectivity index (χ4n) is 2.18. The number of carbonyl (C=O) groups is 1. The van der Waals surface area contributed by atoms with Gasteiger partial charge in [-0.3, -0.25) is 0 Å². The van der Waals surface area contributed by atoms with Crippen molar-refractivity contribution in [3.63, 3.8) is 0 Å². The number of rotatable bonds is 5. The molecule has 0 aliphatic heterocycles. The summed E-state index contributed by atoms with van der Waals surface area (Å²) in [6.07, 6.45) is 0. The van der Waals surface area contributed by atoms with Gasteiger partial charge in [-0.25, -0.2) is 4.79 Å². The van der Waals surface area contributed by atoms with Crippen molar-refractivity contribution in [1.82, 2.24) is 0 Å². The molecule has 0 bridgehead atoms. The third kappa shape index (κ3) is 3.70. The topological polar surface area (TPSA) is 63.7 Å². The van der Waals surface area contributed by atoms with Gasteiger partial charge in [0.1, 0.15) is 0 Å². The quantitative estimate of drug-likeness (QED) is 0.657. The Morgan fingerprint density at radius 3 is 1.76 bits per heavy atom. The van der Waals surface area contributed by atoms with Crippen molar-refractivity contribution in [3.05, 3.63) is 96.6 Å². The molecule has 0 saturated heterocycles. The summed E-state index contributed by atoms with van der Waals surface area (Å²) in [6, 6.07) is 24.2. The van der Waals surface area contributed by atoms with Crippen LogP contribution in [0.2, 0.25) is 0 Å². The third-order valence-electron chi connectivity index (χ3n) is 3.40. The minimum Gasteiger partial charge on any atom is -0.320 e. The molecule has 3 rings (SSSR count). The zero-order chi connectivity index (χ0) is 17.7. The highest BCUT2D eigenvalue weighted by molar-refractivity contribution is 7.92. The molecule has 0 saturated carbocycles. The van der Waals surface area contributed by atoms with Gasteiger partial charge in [0.05, 0.1) is 16.1 Å². The lowest BCUT2D eigenvalue weighted by atomic mass is 10.2. The molecule has 0 amide bonds. The second-order valence-electron chi connectivity index (χ2n) is 5.13. The van der Waals surface area contributed by atoms with Gasteiger partial charge < -0.3 is 4.84 Å². The summed E-state index contributed by atoms with van der Waals surface area (Å²) in [5.41, 5.74) is 0.488. The van der Waals surface area contributed by atoms with E-state index in [1.54, 1.807) is 78.9 Å². The first-order valence-electron chi connectivity index (χ1n) is 7.52. The molecule has 0 atom stereocenters. The average molecular weight is 353 g/mol. The Labute approximate surface area is 146 Å². The lowest BCUT2D eigenvalue weighted by Gasteiger charge is -2.22. The molecule has 0 aliphatic carbocycles. The number of para-hydroxylation sites is 1. The van der Waals surface area contributed by atoms with Crippen LogP contribution in [0.4, 0.5) is 5.69 Å². The van der Waals surface area contributed by atoms with Crippen LogP contribution in [0.15, 0.2) is 95.9 Å². The molecule has 0 radical (unpaired) electrons. The van der Waals surface area contributed by atoms with Crippen LogP contribution in [0.3, 0.4) is 0 Å². The number of hydrogen-bond acceptors (Lipinski definition) is 4. The number of nitrogens with zero attached hydrogens (tertiary/aromatic N) is 1. The van der Waals surface area contributed by atoms with Crippen LogP contribution in [-0.4, -0.2) is 14.4 Å². The molecule has 126 valence electrons. The van der Waals surface area contributed by atoms with E-state index in [1.807, 2.05) is 0 Å². The summed E-state index contributed by atoms with van der Waals surface area (Å²) in [5.74, 6) is -0.760. The molecule has 3 aromatic carbocycles. The summed E-state index contributed by atoms with van der Waals surface area (Å²) in [6.45, 7) is 0. The van der Waals surface area contributed by atoms with Crippen molar-refractivity contribution in [2.75, 3.05) is 4.47 Å². The zero-order valence-electron chi connectivity index (χ0n) is 13.1. The predicted molar refractivity (Wildman–Crippen MR) is 94.4 cm³/mol. The van der Waals surface area contributed by atoms with Crippen LogP contribution in [0.5, 0.6) is 0 Å². The highest BCUT2D eigenvalue weighted by atomic mass is 32.2. The molecule has 0 N–H and O–H groups in total. The molecular weight excluding hydrogens is 338 g/mol. The highest BCUT2D eigenvalue weighted by Gasteiger charge is 2.29. The van der Waals surface area contributed by atoms with Crippen molar-refractivity contribution < 1.29 is 18.0 Å². The minimum atomic E-state index is -4.07. The summed E-state index contributed by atoms with van der Waals surface area (Å²) in [5, 5.41) is 0. The molecule has 0 spiro atoms. The normalized spacial score (nSPS) is 10.9. The van der Waals surface area contributed by atoms with E-state index in [4.69, 9.17) is 4.84 Å². The van der Waals surface area contributed by atoms with Crippen LogP contribution in [0.1, 0.15) is 10.4 Å². The monoisotopic (exact) mass is 353 g/mol. The average Bonchev–Trinajstić information content (AvgIpc) is 2.68. The number of anilines is 1. The standard InChI is InChI=1S/C19H15NO4S/c21-19(16-10-4-1-5-11-16)24-20(17-12-6-2-7-13-17)25(22,23)18-14-8-3-9-15-18/h1-15H. The van der Waals surface area contributed by atoms with Gasteiger partial charge in [-0.05, 0) is 36.4 Å². The van der Waals surface area contributed by atoms with Crippen molar-refractivity contribution >= 4 is 21.7 Å². The Bertz CT molecular complexity index is 942. The maximum absolute atomic E-state index is 12.9. The molecule has 0 aliphatic rings. The van der Waals surface area contributed by atoms with Crippen molar-refractivity contribution in [1.29, 1.82) is 0 Å². The fourth-order valence-corrected chi connectivity index (χ4v) is 3.44. The molecule has 5 nitrogen and oxygen atoms in total. The van der Waals surface area contributed by atoms with E-state index in [0.29, 0.717) is 4.47 Å². The van der Waals surface area contributed by atoms with E-state index < -0.39 is 16.0 Å². The predicted octanol–water partition coefficient (Wildman–Crippen LogP) is 3.65. The summed E-state index contributed by atoms with van der Waals surface area (Å²) in [7, 11) is -4.07. The van der Waals surface area contributed by atoms with E-state index in [9.17, 15) is 13.2 Å². The molecule has 0 aromatic heterocycles. The van der Waals surface area contributed by atoms with Gasteiger partial charge in [-0.15, -0.1) is 0 Å². The first-order chi connectivity index (χ1) is 12.1. The molecule has 0 fully saturated rings. The number of hydrogen-bond donors (Lipinski definition) is 0. The first kappa shape index (κ1) is 16.7. The Balaban J connectivity index is 2.01. The van der Waals surface area contributed by atoms with Crippen LogP contribution >= 0.6 is 0 Å². The Morgan fingerprint density at radius 2 is 1.20 bits per heavy atom. The second kappa shape index (κ2) is 7.19. The maximum atomic E-state index is 12.9. The summed E-state index contributed by atoms with van der Waals surface area (Å²) >= 11 is 0. The van der Waals surface area contributed by atoms with E-state index >= 15 is 0 Å². The molecular formula is C19H15NO4S. The Morgan fingerprint density at radius 1 is 0.720 bits per heavy atom. The smallest absolute Gasteiger partial charge is 0.320 e. The van der Waals surface area contributed by atoms with Crippen molar-refractivity contribution in [3.8, 4) is 0 Å². The van der Waals surface area contributed by atoms with Crippen LogP contribution in [0.25, 0.3) is 0 Å². The molecule has 6 heteroatoms. The SMILES string of the molecule is O=C(ON(c1ccccc1)S(=O)(=O)c1ccccc1)c1ccccc1. The van der Waals surface area contributed by atoms with Gasteiger partial charge in [-0.1, -0.05) is 59.1 Å². The molecule has 3 aromatic rings. The van der Waals surface area contributed by atoms with Gasteiger partial charge in [0.15, 0.2) is 0 Å². The lowest BCUT2D eigenvalue weighted by Crippen LogP contribution is -2.33. The van der Waals surface area contributed by atoms with E-state index in [2.05, 4.69) is 0 Å². The number of sulfonamides is 1. The maximum Gasteiger partial charge on any atom is 0.364 e. The van der Waals surface area contributed by atoms with Crippen LogP contribution in [-0.2, 0) is 14.9 Å². The van der Waals surface area contributed by atoms with E-state index in [-0.39, 0.29) is 16.1 Å². The highest BCUT2D eigenvalue weighted by Crippen LogP contribution is 2.24. The second-order valence-corrected chi connectivity index (χ2v) is 6.88. The van der Waals surface area contributed by atoms with Crippen molar-refractivity contribution in [2.24, 2.45) is 0 Å². The van der Waals surface area contributed by atoms with Crippen LogP contribution in [0, 0.1) is 0 Å².